The Kier molecular flexibility index (Phi) is 2.81. The predicted octanol–water partition coefficient (Wildman–Crippen LogP) is 4.22. The monoisotopic (exact) mass is 282 g/mol. The van der Waals surface area contributed by atoms with E-state index in [4.69, 9.17) is 0 Å². The molecular formula is C18H18OS. The Bertz CT molecular complexity index is 744. The van der Waals surface area contributed by atoms with Crippen molar-refractivity contribution in [1.29, 1.82) is 0 Å². The minimum atomic E-state index is -0.630. The van der Waals surface area contributed by atoms with Gasteiger partial charge in [0.25, 0.3) is 0 Å². The van der Waals surface area contributed by atoms with Gasteiger partial charge < -0.3 is 0 Å². The summed E-state index contributed by atoms with van der Waals surface area (Å²) < 4.78 is 12.2. The second-order valence-electron chi connectivity index (χ2n) is 5.94. The van der Waals surface area contributed by atoms with Gasteiger partial charge in [0.05, 0.1) is 5.25 Å². The number of fused-ring (bicyclic) bond motifs is 3. The molecule has 2 heteroatoms. The molecule has 2 aromatic carbocycles. The molecule has 102 valence electrons. The van der Waals surface area contributed by atoms with E-state index in [9.17, 15) is 4.21 Å². The van der Waals surface area contributed by atoms with Gasteiger partial charge in [0.15, 0.2) is 0 Å². The Balaban J connectivity index is 1.93. The van der Waals surface area contributed by atoms with Crippen molar-refractivity contribution in [3.63, 3.8) is 0 Å². The van der Waals surface area contributed by atoms with Crippen LogP contribution in [0.4, 0.5) is 0 Å². The van der Waals surface area contributed by atoms with Gasteiger partial charge in [0.1, 0.15) is 0 Å². The molecule has 3 unspecified atom stereocenters. The van der Waals surface area contributed by atoms with Crippen LogP contribution in [0.5, 0.6) is 0 Å². The molecule has 20 heavy (non-hydrogen) atoms. The van der Waals surface area contributed by atoms with E-state index in [1.54, 1.807) is 0 Å². The zero-order valence-corrected chi connectivity index (χ0v) is 12.5. The number of allylic oxidation sites excluding steroid dienone is 1. The van der Waals surface area contributed by atoms with E-state index in [2.05, 4.69) is 49.4 Å². The summed E-state index contributed by atoms with van der Waals surface area (Å²) in [4.78, 5) is 0. The molecule has 0 aromatic heterocycles. The summed E-state index contributed by atoms with van der Waals surface area (Å²) in [5.74, 6) is 0. The van der Waals surface area contributed by atoms with Crippen LogP contribution in [0, 0.1) is 6.92 Å². The van der Waals surface area contributed by atoms with Crippen LogP contribution in [0.25, 0.3) is 16.3 Å². The molecule has 1 saturated heterocycles. The lowest BCUT2D eigenvalue weighted by Gasteiger charge is -2.22. The molecule has 2 aliphatic heterocycles. The summed E-state index contributed by atoms with van der Waals surface area (Å²) in [6.07, 6.45) is 5.51. The SMILES string of the molecule is Cc1ccc2ccccc2c1C1=CC2CCC(C1)S2=O. The van der Waals surface area contributed by atoms with Crippen LogP contribution >= 0.6 is 0 Å². The molecule has 0 spiro atoms. The van der Waals surface area contributed by atoms with Crippen molar-refractivity contribution in [1.82, 2.24) is 0 Å². The van der Waals surface area contributed by atoms with Crippen LogP contribution < -0.4 is 0 Å². The molecule has 1 fully saturated rings. The van der Waals surface area contributed by atoms with Gasteiger partial charge in [-0.15, -0.1) is 0 Å². The van der Waals surface area contributed by atoms with E-state index in [0.29, 0.717) is 10.5 Å². The van der Waals surface area contributed by atoms with Gasteiger partial charge in [0, 0.05) is 16.0 Å². The molecule has 0 amide bonds. The highest BCUT2D eigenvalue weighted by molar-refractivity contribution is 7.86. The van der Waals surface area contributed by atoms with Crippen molar-refractivity contribution in [3.05, 3.63) is 53.6 Å². The van der Waals surface area contributed by atoms with Gasteiger partial charge in [-0.25, -0.2) is 0 Å². The van der Waals surface area contributed by atoms with Gasteiger partial charge in [-0.1, -0.05) is 42.5 Å². The highest BCUT2D eigenvalue weighted by Gasteiger charge is 2.36. The average Bonchev–Trinajstić information content (AvgIpc) is 2.69. The molecule has 0 N–H and O–H groups in total. The van der Waals surface area contributed by atoms with Crippen molar-refractivity contribution in [2.45, 2.75) is 36.7 Å². The first kappa shape index (κ1) is 12.3. The Morgan fingerprint density at radius 2 is 1.95 bits per heavy atom. The number of hydrogen-bond donors (Lipinski definition) is 0. The third-order valence-electron chi connectivity index (χ3n) is 4.69. The third-order valence-corrected chi connectivity index (χ3v) is 6.72. The average molecular weight is 282 g/mol. The lowest BCUT2D eigenvalue weighted by atomic mass is 9.91. The first-order valence-corrected chi connectivity index (χ1v) is 8.60. The number of rotatable bonds is 1. The second kappa shape index (κ2) is 4.56. The maximum Gasteiger partial charge on any atom is 0.0536 e. The highest BCUT2D eigenvalue weighted by Crippen LogP contribution is 2.41. The highest BCUT2D eigenvalue weighted by atomic mass is 32.2. The van der Waals surface area contributed by atoms with E-state index in [1.165, 1.54) is 27.5 Å². The van der Waals surface area contributed by atoms with Crippen LogP contribution in [0.3, 0.4) is 0 Å². The van der Waals surface area contributed by atoms with Gasteiger partial charge in [0.2, 0.25) is 0 Å². The molecule has 1 nitrogen and oxygen atoms in total. The number of hydrogen-bond acceptors (Lipinski definition) is 1. The van der Waals surface area contributed by atoms with E-state index in [1.807, 2.05) is 0 Å². The van der Waals surface area contributed by atoms with Crippen molar-refractivity contribution < 1.29 is 4.21 Å². The summed E-state index contributed by atoms with van der Waals surface area (Å²) in [5.41, 5.74) is 4.14. The van der Waals surface area contributed by atoms with Crippen LogP contribution in [0.1, 0.15) is 30.4 Å². The fraction of sp³-hybridized carbons (Fsp3) is 0.333. The van der Waals surface area contributed by atoms with Gasteiger partial charge in [-0.2, -0.15) is 0 Å². The minimum Gasteiger partial charge on any atom is -0.259 e. The summed E-state index contributed by atoms with van der Waals surface area (Å²) in [5, 5.41) is 3.32. The normalized spacial score (nSPS) is 28.6. The molecule has 0 aliphatic carbocycles. The van der Waals surface area contributed by atoms with Crippen molar-refractivity contribution in [2.75, 3.05) is 0 Å². The lowest BCUT2D eigenvalue weighted by molar-refractivity contribution is 0.674. The first-order chi connectivity index (χ1) is 9.74. The second-order valence-corrected chi connectivity index (χ2v) is 7.87. The molecule has 4 rings (SSSR count). The quantitative estimate of drug-likeness (QED) is 0.765. The first-order valence-electron chi connectivity index (χ1n) is 7.33. The maximum absolute atomic E-state index is 12.2. The maximum atomic E-state index is 12.2. The third kappa shape index (κ3) is 1.78. The minimum absolute atomic E-state index is 0.294. The Hall–Kier alpha value is -1.41. The standard InChI is InChI=1S/C18H18OS/c1-12-6-7-13-4-2-3-5-17(13)18(12)14-10-15-8-9-16(11-14)20(15)19/h2-7,10,15-16H,8-9,11H2,1H3. The topological polar surface area (TPSA) is 17.1 Å². The summed E-state index contributed by atoms with van der Waals surface area (Å²) in [7, 11) is -0.630. The van der Waals surface area contributed by atoms with E-state index in [0.717, 1.165) is 19.3 Å². The predicted molar refractivity (Wildman–Crippen MR) is 86.2 cm³/mol. The lowest BCUT2D eigenvalue weighted by Crippen LogP contribution is -2.20. The zero-order valence-electron chi connectivity index (χ0n) is 11.6. The summed E-state index contributed by atoms with van der Waals surface area (Å²) in [6.45, 7) is 2.19. The van der Waals surface area contributed by atoms with Crippen LogP contribution in [-0.2, 0) is 10.8 Å². The molecular weight excluding hydrogens is 264 g/mol. The Morgan fingerprint density at radius 3 is 2.80 bits per heavy atom. The van der Waals surface area contributed by atoms with E-state index < -0.39 is 10.8 Å². The zero-order chi connectivity index (χ0) is 13.7. The largest absolute Gasteiger partial charge is 0.259 e. The van der Waals surface area contributed by atoms with Crippen molar-refractivity contribution in [2.24, 2.45) is 0 Å². The molecule has 2 aromatic rings. The molecule has 2 bridgehead atoms. The Labute approximate surface area is 122 Å². The summed E-state index contributed by atoms with van der Waals surface area (Å²) >= 11 is 0. The number of benzene rings is 2. The van der Waals surface area contributed by atoms with Crippen LogP contribution in [0.2, 0.25) is 0 Å². The Morgan fingerprint density at radius 1 is 1.10 bits per heavy atom. The summed E-state index contributed by atoms with van der Waals surface area (Å²) in [6, 6.07) is 13.0. The fourth-order valence-electron chi connectivity index (χ4n) is 3.69. The van der Waals surface area contributed by atoms with E-state index >= 15 is 0 Å². The van der Waals surface area contributed by atoms with Crippen molar-refractivity contribution >= 4 is 27.1 Å². The molecule has 3 atom stereocenters. The molecule has 0 radical (unpaired) electrons. The fourth-order valence-corrected chi connectivity index (χ4v) is 5.57. The molecule has 2 aliphatic rings. The smallest absolute Gasteiger partial charge is 0.0536 e. The number of aryl methyl sites for hydroxylation is 1. The van der Waals surface area contributed by atoms with Gasteiger partial charge in [-0.05, 0) is 53.7 Å². The molecule has 2 heterocycles. The van der Waals surface area contributed by atoms with E-state index in [-0.39, 0.29) is 0 Å². The van der Waals surface area contributed by atoms with Crippen molar-refractivity contribution in [3.8, 4) is 0 Å². The van der Waals surface area contributed by atoms with Crippen LogP contribution in [0.15, 0.2) is 42.5 Å². The van der Waals surface area contributed by atoms with Crippen LogP contribution in [-0.4, -0.2) is 14.7 Å². The molecule has 0 saturated carbocycles. The van der Waals surface area contributed by atoms with Gasteiger partial charge in [-0.3, -0.25) is 4.21 Å². The van der Waals surface area contributed by atoms with Gasteiger partial charge >= 0.3 is 0 Å².